The first kappa shape index (κ1) is 13.8. The zero-order chi connectivity index (χ0) is 10.9. The Kier molecular flexibility index (Phi) is 8.08. The lowest BCUT2D eigenvalue weighted by Crippen LogP contribution is -2.29. The first-order valence-corrected chi connectivity index (χ1v) is 5.33. The van der Waals surface area contributed by atoms with Crippen LogP contribution in [0.2, 0.25) is 0 Å². The van der Waals surface area contributed by atoms with Crippen LogP contribution in [0.15, 0.2) is 0 Å². The maximum absolute atomic E-state index is 8.44. The Morgan fingerprint density at radius 1 is 0.929 bits per heavy atom. The van der Waals surface area contributed by atoms with Crippen LogP contribution in [-0.4, -0.2) is 16.3 Å². The molecule has 0 fully saturated rings. The SMILES string of the molecule is CCCCCCCCC(C)(OO)OO. The third-order valence-corrected chi connectivity index (χ3v) is 2.37. The summed E-state index contributed by atoms with van der Waals surface area (Å²) < 4.78 is 0. The minimum atomic E-state index is -1.26. The zero-order valence-electron chi connectivity index (χ0n) is 9.16. The molecule has 0 aromatic heterocycles. The van der Waals surface area contributed by atoms with Gasteiger partial charge < -0.3 is 0 Å². The highest BCUT2D eigenvalue weighted by Gasteiger charge is 2.26. The molecule has 0 aliphatic carbocycles. The molecule has 0 saturated heterocycles. The van der Waals surface area contributed by atoms with E-state index in [9.17, 15) is 0 Å². The van der Waals surface area contributed by atoms with Gasteiger partial charge in [-0.15, -0.1) is 0 Å². The van der Waals surface area contributed by atoms with Crippen LogP contribution in [0.3, 0.4) is 0 Å². The Morgan fingerprint density at radius 3 is 1.93 bits per heavy atom. The second-order valence-electron chi connectivity index (χ2n) is 3.83. The van der Waals surface area contributed by atoms with E-state index in [0.717, 1.165) is 12.8 Å². The van der Waals surface area contributed by atoms with Crippen LogP contribution in [0, 0.1) is 0 Å². The molecule has 4 nitrogen and oxygen atoms in total. The number of unbranched alkanes of at least 4 members (excludes halogenated alkanes) is 5. The Bertz CT molecular complexity index is 123. The Morgan fingerprint density at radius 2 is 1.43 bits per heavy atom. The standard InChI is InChI=1S/C10H22O4/c1-3-4-5-6-7-8-9-10(2,13-11)14-12/h11-12H,3-9H2,1-2H3. The van der Waals surface area contributed by atoms with Crippen LogP contribution in [0.1, 0.15) is 58.8 Å². The van der Waals surface area contributed by atoms with Gasteiger partial charge in [0.1, 0.15) is 0 Å². The van der Waals surface area contributed by atoms with Crippen molar-refractivity contribution in [3.63, 3.8) is 0 Å². The molecule has 0 aromatic rings. The van der Waals surface area contributed by atoms with Crippen molar-refractivity contribution >= 4 is 0 Å². The highest BCUT2D eigenvalue weighted by Crippen LogP contribution is 2.19. The van der Waals surface area contributed by atoms with Crippen LogP contribution in [0.4, 0.5) is 0 Å². The second kappa shape index (κ2) is 8.17. The van der Waals surface area contributed by atoms with E-state index in [4.69, 9.17) is 10.5 Å². The van der Waals surface area contributed by atoms with E-state index in [-0.39, 0.29) is 0 Å². The van der Waals surface area contributed by atoms with Crippen LogP contribution < -0.4 is 0 Å². The molecule has 0 saturated carbocycles. The van der Waals surface area contributed by atoms with Crippen molar-refractivity contribution in [1.82, 2.24) is 0 Å². The van der Waals surface area contributed by atoms with Crippen molar-refractivity contribution in [1.29, 1.82) is 0 Å². The molecule has 0 spiro atoms. The fourth-order valence-electron chi connectivity index (χ4n) is 1.33. The van der Waals surface area contributed by atoms with Gasteiger partial charge in [0.2, 0.25) is 5.79 Å². The van der Waals surface area contributed by atoms with Crippen molar-refractivity contribution in [3.8, 4) is 0 Å². The third-order valence-electron chi connectivity index (χ3n) is 2.37. The van der Waals surface area contributed by atoms with E-state index in [2.05, 4.69) is 16.7 Å². The zero-order valence-corrected chi connectivity index (χ0v) is 9.16. The molecule has 14 heavy (non-hydrogen) atoms. The van der Waals surface area contributed by atoms with Crippen molar-refractivity contribution in [2.45, 2.75) is 64.6 Å². The van der Waals surface area contributed by atoms with Gasteiger partial charge in [0.05, 0.1) is 0 Å². The molecule has 0 amide bonds. The molecular formula is C10H22O4. The van der Waals surface area contributed by atoms with Gasteiger partial charge in [0.15, 0.2) is 0 Å². The van der Waals surface area contributed by atoms with Crippen molar-refractivity contribution < 1.29 is 20.3 Å². The molecule has 0 unspecified atom stereocenters. The number of hydrogen-bond donors (Lipinski definition) is 2. The monoisotopic (exact) mass is 206 g/mol. The third kappa shape index (κ3) is 6.32. The molecule has 0 aliphatic heterocycles. The van der Waals surface area contributed by atoms with Crippen LogP contribution in [0.25, 0.3) is 0 Å². The summed E-state index contributed by atoms with van der Waals surface area (Å²) in [6, 6.07) is 0. The Hall–Kier alpha value is -0.160. The lowest BCUT2D eigenvalue weighted by molar-refractivity contribution is -0.482. The largest absolute Gasteiger partial charge is 0.249 e. The van der Waals surface area contributed by atoms with Crippen molar-refractivity contribution in [2.24, 2.45) is 0 Å². The fourth-order valence-corrected chi connectivity index (χ4v) is 1.33. The molecular weight excluding hydrogens is 184 g/mol. The minimum Gasteiger partial charge on any atom is -0.249 e. The van der Waals surface area contributed by atoms with Crippen molar-refractivity contribution in [3.05, 3.63) is 0 Å². The number of hydrogen-bond acceptors (Lipinski definition) is 4. The van der Waals surface area contributed by atoms with Gasteiger partial charge in [-0.05, 0) is 13.3 Å². The molecule has 0 aliphatic rings. The predicted octanol–water partition coefficient (Wildman–Crippen LogP) is 3.43. The Labute approximate surface area is 85.7 Å². The van der Waals surface area contributed by atoms with Gasteiger partial charge in [0, 0.05) is 6.42 Å². The van der Waals surface area contributed by atoms with Crippen LogP contribution in [-0.2, 0) is 9.78 Å². The molecule has 4 heteroatoms. The smallest absolute Gasteiger partial charge is 0.230 e. The lowest BCUT2D eigenvalue weighted by atomic mass is 10.1. The minimum absolute atomic E-state index is 0.492. The average Bonchev–Trinajstić information content (AvgIpc) is 2.23. The summed E-state index contributed by atoms with van der Waals surface area (Å²) >= 11 is 0. The summed E-state index contributed by atoms with van der Waals surface area (Å²) in [5.74, 6) is -1.26. The van der Waals surface area contributed by atoms with E-state index >= 15 is 0 Å². The number of rotatable bonds is 9. The molecule has 0 heterocycles. The molecule has 0 atom stereocenters. The summed E-state index contributed by atoms with van der Waals surface area (Å²) in [7, 11) is 0. The summed E-state index contributed by atoms with van der Waals surface area (Å²) in [5.41, 5.74) is 0. The van der Waals surface area contributed by atoms with E-state index in [1.165, 1.54) is 32.6 Å². The van der Waals surface area contributed by atoms with Gasteiger partial charge in [-0.1, -0.05) is 39.0 Å². The highest BCUT2D eigenvalue weighted by molar-refractivity contribution is 4.59. The molecule has 86 valence electrons. The van der Waals surface area contributed by atoms with Gasteiger partial charge in [0.25, 0.3) is 0 Å². The van der Waals surface area contributed by atoms with E-state index in [1.807, 2.05) is 0 Å². The molecule has 2 N–H and O–H groups in total. The van der Waals surface area contributed by atoms with E-state index in [1.54, 1.807) is 0 Å². The summed E-state index contributed by atoms with van der Waals surface area (Å²) in [4.78, 5) is 8.08. The molecule has 0 aromatic carbocycles. The van der Waals surface area contributed by atoms with E-state index in [0.29, 0.717) is 6.42 Å². The Balaban J connectivity index is 3.34. The van der Waals surface area contributed by atoms with E-state index < -0.39 is 5.79 Å². The first-order chi connectivity index (χ1) is 6.68. The normalized spacial score (nSPS) is 12.0. The molecule has 0 rings (SSSR count). The molecule has 0 radical (unpaired) electrons. The quantitative estimate of drug-likeness (QED) is 0.262. The maximum atomic E-state index is 8.44. The predicted molar refractivity (Wildman–Crippen MR) is 53.8 cm³/mol. The average molecular weight is 206 g/mol. The summed E-state index contributed by atoms with van der Waals surface area (Å²) in [5, 5.41) is 16.9. The van der Waals surface area contributed by atoms with Crippen LogP contribution in [0.5, 0.6) is 0 Å². The van der Waals surface area contributed by atoms with Gasteiger partial charge in [-0.25, -0.2) is 20.3 Å². The maximum Gasteiger partial charge on any atom is 0.230 e. The topological polar surface area (TPSA) is 58.9 Å². The summed E-state index contributed by atoms with van der Waals surface area (Å²) in [6.45, 7) is 3.68. The fraction of sp³-hybridized carbons (Fsp3) is 1.00. The second-order valence-corrected chi connectivity index (χ2v) is 3.83. The van der Waals surface area contributed by atoms with Crippen molar-refractivity contribution in [2.75, 3.05) is 0 Å². The van der Waals surface area contributed by atoms with Crippen LogP contribution >= 0.6 is 0 Å². The van der Waals surface area contributed by atoms with Gasteiger partial charge in [-0.3, -0.25) is 0 Å². The van der Waals surface area contributed by atoms with Gasteiger partial charge >= 0.3 is 0 Å². The van der Waals surface area contributed by atoms with Gasteiger partial charge in [-0.2, -0.15) is 0 Å². The lowest BCUT2D eigenvalue weighted by Gasteiger charge is -2.21. The summed E-state index contributed by atoms with van der Waals surface area (Å²) in [6.07, 6.45) is 7.37. The molecule has 0 bridgehead atoms. The first-order valence-electron chi connectivity index (χ1n) is 5.33. The highest BCUT2D eigenvalue weighted by atomic mass is 17.2.